The second-order valence-electron chi connectivity index (χ2n) is 8.13. The highest BCUT2D eigenvalue weighted by atomic mass is 35.5. The molecule has 8 nitrogen and oxygen atoms in total. The van der Waals surface area contributed by atoms with Gasteiger partial charge in [0.2, 0.25) is 0 Å². The van der Waals surface area contributed by atoms with Crippen LogP contribution in [0.2, 0.25) is 5.02 Å². The van der Waals surface area contributed by atoms with Gasteiger partial charge in [-0.1, -0.05) is 29.8 Å². The Morgan fingerprint density at radius 1 is 1.17 bits per heavy atom. The van der Waals surface area contributed by atoms with E-state index in [1.165, 1.54) is 12.1 Å². The van der Waals surface area contributed by atoms with Crippen LogP contribution in [0.1, 0.15) is 22.2 Å². The Morgan fingerprint density at radius 3 is 2.74 bits per heavy atom. The zero-order valence-corrected chi connectivity index (χ0v) is 19.6. The summed E-state index contributed by atoms with van der Waals surface area (Å²) in [4.78, 5) is 24.1. The van der Waals surface area contributed by atoms with Crippen LogP contribution in [0, 0.1) is 5.82 Å². The van der Waals surface area contributed by atoms with Crippen molar-refractivity contribution in [3.63, 3.8) is 0 Å². The Kier molecular flexibility index (Phi) is 6.43. The van der Waals surface area contributed by atoms with Gasteiger partial charge >= 0.3 is 0 Å². The summed E-state index contributed by atoms with van der Waals surface area (Å²) in [6.07, 6.45) is 3.45. The van der Waals surface area contributed by atoms with Crippen LogP contribution >= 0.6 is 11.6 Å². The molecule has 1 aliphatic heterocycles. The van der Waals surface area contributed by atoms with Gasteiger partial charge in [0.25, 0.3) is 5.91 Å². The molecular formula is C25H22ClFN6O2. The van der Waals surface area contributed by atoms with Crippen molar-refractivity contribution in [2.75, 3.05) is 29.9 Å². The third kappa shape index (κ3) is 5.16. The molecule has 0 bridgehead atoms. The van der Waals surface area contributed by atoms with Crippen LogP contribution in [0.3, 0.4) is 0 Å². The van der Waals surface area contributed by atoms with Gasteiger partial charge in [0.05, 0.1) is 18.4 Å². The molecule has 2 aromatic carbocycles. The van der Waals surface area contributed by atoms with Crippen molar-refractivity contribution in [2.45, 2.75) is 6.10 Å². The molecule has 0 radical (unpaired) electrons. The van der Waals surface area contributed by atoms with E-state index in [1.54, 1.807) is 35.1 Å². The topological polar surface area (TPSA) is 85.2 Å². The highest BCUT2D eigenvalue weighted by molar-refractivity contribution is 6.30. The maximum Gasteiger partial charge on any atom is 0.274 e. The minimum Gasteiger partial charge on any atom is -0.370 e. The van der Waals surface area contributed by atoms with Crippen LogP contribution in [-0.2, 0) is 11.8 Å². The molecule has 1 aliphatic rings. The number of ether oxygens (including phenoxy) is 1. The third-order valence-corrected chi connectivity index (χ3v) is 5.87. The SMILES string of the molecule is Cn1cc(C2CN(c3cc(C(=O)Nc4ccccc4)nc(-c4ccc(Cl)cc4F)n3)CCO2)cn1. The molecule has 0 saturated carbocycles. The summed E-state index contributed by atoms with van der Waals surface area (Å²) in [6, 6.07) is 14.9. The fourth-order valence-electron chi connectivity index (χ4n) is 3.89. The number of hydrogen-bond acceptors (Lipinski definition) is 6. The number of amides is 1. The molecular weight excluding hydrogens is 471 g/mol. The molecule has 1 amide bonds. The van der Waals surface area contributed by atoms with E-state index in [0.29, 0.717) is 31.2 Å². The molecule has 1 fully saturated rings. The molecule has 35 heavy (non-hydrogen) atoms. The van der Waals surface area contributed by atoms with Crippen LogP contribution in [0.25, 0.3) is 11.4 Å². The second kappa shape index (κ2) is 9.81. The van der Waals surface area contributed by atoms with E-state index in [-0.39, 0.29) is 28.2 Å². The highest BCUT2D eigenvalue weighted by Crippen LogP contribution is 2.29. The summed E-state index contributed by atoms with van der Waals surface area (Å²) in [5, 5.41) is 7.32. The van der Waals surface area contributed by atoms with E-state index in [4.69, 9.17) is 16.3 Å². The lowest BCUT2D eigenvalue weighted by molar-refractivity contribution is 0.0395. The van der Waals surface area contributed by atoms with Gasteiger partial charge in [0.1, 0.15) is 23.4 Å². The Labute approximate surface area is 206 Å². The molecule has 1 saturated heterocycles. The van der Waals surface area contributed by atoms with Crippen molar-refractivity contribution >= 4 is 29.0 Å². The van der Waals surface area contributed by atoms with Crippen LogP contribution in [0.15, 0.2) is 67.0 Å². The lowest BCUT2D eigenvalue weighted by atomic mass is 10.1. The normalized spacial score (nSPS) is 15.7. The van der Waals surface area contributed by atoms with Crippen LogP contribution in [0.4, 0.5) is 15.9 Å². The number of anilines is 2. The predicted molar refractivity (Wildman–Crippen MR) is 131 cm³/mol. The van der Waals surface area contributed by atoms with Gasteiger partial charge in [-0.2, -0.15) is 5.10 Å². The summed E-state index contributed by atoms with van der Waals surface area (Å²) >= 11 is 5.93. The molecule has 5 rings (SSSR count). The number of aromatic nitrogens is 4. The lowest BCUT2D eigenvalue weighted by Gasteiger charge is -2.33. The summed E-state index contributed by atoms with van der Waals surface area (Å²) in [6.45, 7) is 1.50. The van der Waals surface area contributed by atoms with E-state index in [0.717, 1.165) is 5.56 Å². The van der Waals surface area contributed by atoms with Crippen molar-refractivity contribution in [2.24, 2.45) is 7.05 Å². The Balaban J connectivity index is 1.51. The molecule has 1 unspecified atom stereocenters. The van der Waals surface area contributed by atoms with Gasteiger partial charge in [-0.3, -0.25) is 9.48 Å². The van der Waals surface area contributed by atoms with Crippen molar-refractivity contribution < 1.29 is 13.9 Å². The second-order valence-corrected chi connectivity index (χ2v) is 8.57. The van der Waals surface area contributed by atoms with Crippen molar-refractivity contribution in [1.82, 2.24) is 19.7 Å². The lowest BCUT2D eigenvalue weighted by Crippen LogP contribution is -2.39. The summed E-state index contributed by atoms with van der Waals surface area (Å²) in [5.74, 6) is -0.397. The highest BCUT2D eigenvalue weighted by Gasteiger charge is 2.26. The van der Waals surface area contributed by atoms with Gasteiger partial charge in [-0.05, 0) is 30.3 Å². The maximum absolute atomic E-state index is 14.8. The number of carbonyl (C=O) groups is 1. The number of halogens is 2. The Morgan fingerprint density at radius 2 is 2.00 bits per heavy atom. The molecule has 0 aliphatic carbocycles. The zero-order valence-electron chi connectivity index (χ0n) is 18.9. The minimum absolute atomic E-state index is 0.0966. The number of aryl methyl sites for hydroxylation is 1. The quantitative estimate of drug-likeness (QED) is 0.441. The average molecular weight is 493 g/mol. The van der Waals surface area contributed by atoms with Crippen molar-refractivity contribution in [1.29, 1.82) is 0 Å². The van der Waals surface area contributed by atoms with Crippen molar-refractivity contribution in [3.8, 4) is 11.4 Å². The maximum atomic E-state index is 14.8. The van der Waals surface area contributed by atoms with E-state index < -0.39 is 11.7 Å². The Bertz CT molecular complexity index is 1360. The van der Waals surface area contributed by atoms with E-state index in [9.17, 15) is 9.18 Å². The van der Waals surface area contributed by atoms with E-state index in [1.807, 2.05) is 36.3 Å². The first-order valence-electron chi connectivity index (χ1n) is 11.0. The summed E-state index contributed by atoms with van der Waals surface area (Å²) < 4.78 is 22.4. The van der Waals surface area contributed by atoms with E-state index in [2.05, 4.69) is 20.4 Å². The zero-order chi connectivity index (χ0) is 24.4. The third-order valence-electron chi connectivity index (χ3n) is 5.64. The van der Waals surface area contributed by atoms with Gasteiger partial charge in [-0.15, -0.1) is 0 Å². The largest absolute Gasteiger partial charge is 0.370 e. The number of nitrogens with zero attached hydrogens (tertiary/aromatic N) is 5. The molecule has 0 spiro atoms. The number of morpholine rings is 1. The number of benzene rings is 2. The summed E-state index contributed by atoms with van der Waals surface area (Å²) in [7, 11) is 1.85. The fourth-order valence-corrected chi connectivity index (χ4v) is 4.04. The van der Waals surface area contributed by atoms with Crippen molar-refractivity contribution in [3.05, 3.63) is 89.1 Å². The molecule has 3 heterocycles. The first kappa shape index (κ1) is 22.9. The first-order valence-corrected chi connectivity index (χ1v) is 11.4. The van der Waals surface area contributed by atoms with Crippen LogP contribution in [0.5, 0.6) is 0 Å². The molecule has 4 aromatic rings. The van der Waals surface area contributed by atoms with Gasteiger partial charge in [0, 0.05) is 48.7 Å². The Hall–Kier alpha value is -3.82. The fraction of sp³-hybridized carbons (Fsp3) is 0.200. The van der Waals surface area contributed by atoms with Crippen LogP contribution < -0.4 is 10.2 Å². The van der Waals surface area contributed by atoms with Gasteiger partial charge < -0.3 is 15.0 Å². The van der Waals surface area contributed by atoms with Gasteiger partial charge in [0.15, 0.2) is 5.82 Å². The van der Waals surface area contributed by atoms with Gasteiger partial charge in [-0.25, -0.2) is 14.4 Å². The molecule has 2 aromatic heterocycles. The standard InChI is InChI=1S/C25H22ClFN6O2/c1-32-14-16(13-28-32)22-15-33(9-10-35-22)23-12-21(25(34)29-18-5-3-2-4-6-18)30-24(31-23)19-8-7-17(26)11-20(19)27/h2-8,11-14,22H,9-10,15H2,1H3,(H,29,34). The first-order chi connectivity index (χ1) is 17.0. The molecule has 1 N–H and O–H groups in total. The molecule has 1 atom stereocenters. The monoisotopic (exact) mass is 492 g/mol. The number of para-hydroxylation sites is 1. The summed E-state index contributed by atoms with van der Waals surface area (Å²) in [5.41, 5.74) is 1.84. The number of nitrogens with one attached hydrogen (secondary N) is 1. The number of rotatable bonds is 5. The number of hydrogen-bond donors (Lipinski definition) is 1. The molecule has 10 heteroatoms. The smallest absolute Gasteiger partial charge is 0.274 e. The predicted octanol–water partition coefficient (Wildman–Crippen LogP) is 4.50. The van der Waals surface area contributed by atoms with E-state index >= 15 is 0 Å². The number of carbonyl (C=O) groups excluding carboxylic acids is 1. The molecule has 178 valence electrons. The minimum atomic E-state index is -0.570. The average Bonchev–Trinajstić information content (AvgIpc) is 3.31. The van der Waals surface area contributed by atoms with Crippen LogP contribution in [-0.4, -0.2) is 45.4 Å².